The van der Waals surface area contributed by atoms with Crippen LogP contribution in [-0.2, 0) is 20.1 Å². The van der Waals surface area contributed by atoms with E-state index < -0.39 is 0 Å². The number of aromatic nitrogens is 4. The Morgan fingerprint density at radius 1 is 0.889 bits per heavy atom. The molecule has 0 amide bonds. The molecule has 0 unspecified atom stereocenters. The fourth-order valence-electron chi connectivity index (χ4n) is 4.14. The average Bonchev–Trinajstić information content (AvgIpc) is 3.05. The summed E-state index contributed by atoms with van der Waals surface area (Å²) in [5.74, 6) is 2.78. The molecule has 0 radical (unpaired) electrons. The number of likely N-dealkylation sites (tertiary alicyclic amines) is 1. The summed E-state index contributed by atoms with van der Waals surface area (Å²) in [6.07, 6.45) is 4.17. The summed E-state index contributed by atoms with van der Waals surface area (Å²) >= 11 is 0. The van der Waals surface area contributed by atoms with Crippen molar-refractivity contribution in [2.24, 2.45) is 7.05 Å². The van der Waals surface area contributed by atoms with Crippen LogP contribution in [-0.4, -0.2) is 80.8 Å². The van der Waals surface area contributed by atoms with Gasteiger partial charge in [0.25, 0.3) is 0 Å². The third-order valence-corrected chi connectivity index (χ3v) is 6.02. The van der Waals surface area contributed by atoms with E-state index in [2.05, 4.69) is 60.7 Å². The summed E-state index contributed by atoms with van der Waals surface area (Å²) in [7, 11) is 4.33. The fourth-order valence-corrected chi connectivity index (χ4v) is 4.14. The van der Waals surface area contributed by atoms with Crippen LogP contribution >= 0.6 is 0 Å². The molecule has 2 aliphatic rings. The van der Waals surface area contributed by atoms with Gasteiger partial charge in [-0.05, 0) is 45.1 Å². The fraction of sp³-hybridized carbons (Fsp3) is 0.650. The van der Waals surface area contributed by atoms with E-state index in [4.69, 9.17) is 0 Å². The number of piperazine rings is 1. The molecule has 27 heavy (non-hydrogen) atoms. The van der Waals surface area contributed by atoms with Crippen LogP contribution in [0.3, 0.4) is 0 Å². The van der Waals surface area contributed by atoms with E-state index in [1.807, 2.05) is 12.3 Å². The van der Waals surface area contributed by atoms with Crippen LogP contribution in [0.4, 0.5) is 0 Å². The van der Waals surface area contributed by atoms with Crippen LogP contribution < -0.4 is 0 Å². The summed E-state index contributed by atoms with van der Waals surface area (Å²) in [5.41, 5.74) is 1.16. The standard InChI is InChI=1S/C20H31N7/c1-24-11-13-27(14-12-24)16-19-22-23-20(25(19)2)17-6-9-26(10-7-17)15-18-5-3-4-8-21-18/h3-5,8,17H,6-7,9-16H2,1-2H3. The Kier molecular flexibility index (Phi) is 5.80. The highest BCUT2D eigenvalue weighted by Crippen LogP contribution is 2.27. The number of hydrogen-bond donors (Lipinski definition) is 0. The normalized spacial score (nSPS) is 21.0. The van der Waals surface area contributed by atoms with Gasteiger partial charge in [-0.3, -0.25) is 14.8 Å². The molecule has 0 aliphatic carbocycles. The van der Waals surface area contributed by atoms with Crippen molar-refractivity contribution in [2.75, 3.05) is 46.3 Å². The first-order chi connectivity index (χ1) is 13.2. The van der Waals surface area contributed by atoms with Crippen molar-refractivity contribution >= 4 is 0 Å². The molecule has 0 spiro atoms. The number of nitrogens with zero attached hydrogens (tertiary/aromatic N) is 7. The number of piperidine rings is 1. The zero-order valence-corrected chi connectivity index (χ0v) is 16.6. The van der Waals surface area contributed by atoms with Gasteiger partial charge in [-0.25, -0.2) is 0 Å². The van der Waals surface area contributed by atoms with Crippen LogP contribution in [0.1, 0.15) is 36.1 Å². The van der Waals surface area contributed by atoms with Gasteiger partial charge in [0.05, 0.1) is 12.2 Å². The van der Waals surface area contributed by atoms with Gasteiger partial charge in [0.2, 0.25) is 0 Å². The molecule has 7 heteroatoms. The first-order valence-electron chi connectivity index (χ1n) is 10.1. The van der Waals surface area contributed by atoms with Crippen LogP contribution in [0, 0.1) is 0 Å². The third-order valence-electron chi connectivity index (χ3n) is 6.02. The van der Waals surface area contributed by atoms with Gasteiger partial charge < -0.3 is 9.47 Å². The highest BCUT2D eigenvalue weighted by Gasteiger charge is 2.26. The van der Waals surface area contributed by atoms with E-state index in [0.29, 0.717) is 5.92 Å². The van der Waals surface area contributed by atoms with Gasteiger partial charge in [-0.2, -0.15) is 0 Å². The largest absolute Gasteiger partial charge is 0.317 e. The number of hydrogen-bond acceptors (Lipinski definition) is 6. The van der Waals surface area contributed by atoms with Gasteiger partial charge in [0, 0.05) is 51.9 Å². The topological polar surface area (TPSA) is 53.3 Å². The molecular formula is C20H31N7. The summed E-state index contributed by atoms with van der Waals surface area (Å²) in [5, 5.41) is 9.10. The summed E-state index contributed by atoms with van der Waals surface area (Å²) in [6, 6.07) is 6.15. The highest BCUT2D eigenvalue weighted by atomic mass is 15.3. The Hall–Kier alpha value is -1.83. The summed E-state index contributed by atoms with van der Waals surface area (Å²) < 4.78 is 2.25. The highest BCUT2D eigenvalue weighted by molar-refractivity contribution is 5.06. The second-order valence-electron chi connectivity index (χ2n) is 7.98. The van der Waals surface area contributed by atoms with Gasteiger partial charge in [-0.15, -0.1) is 10.2 Å². The second-order valence-corrected chi connectivity index (χ2v) is 7.98. The molecule has 2 fully saturated rings. The molecule has 4 heterocycles. The van der Waals surface area contributed by atoms with Crippen LogP contribution in [0.15, 0.2) is 24.4 Å². The molecule has 0 saturated carbocycles. The molecule has 7 nitrogen and oxygen atoms in total. The number of likely N-dealkylation sites (N-methyl/N-ethyl adjacent to an activating group) is 1. The minimum Gasteiger partial charge on any atom is -0.317 e. The van der Waals surface area contributed by atoms with Gasteiger partial charge in [-0.1, -0.05) is 6.07 Å². The van der Waals surface area contributed by atoms with E-state index in [0.717, 1.165) is 82.5 Å². The Balaban J connectivity index is 1.31. The second kappa shape index (κ2) is 8.46. The smallest absolute Gasteiger partial charge is 0.146 e. The Labute approximate surface area is 162 Å². The van der Waals surface area contributed by atoms with Crippen molar-refractivity contribution < 1.29 is 0 Å². The first-order valence-corrected chi connectivity index (χ1v) is 10.1. The van der Waals surface area contributed by atoms with Gasteiger partial charge in [0.1, 0.15) is 11.6 Å². The molecule has 4 rings (SSSR count). The molecule has 2 aliphatic heterocycles. The molecule has 2 aromatic rings. The molecule has 0 N–H and O–H groups in total. The lowest BCUT2D eigenvalue weighted by molar-refractivity contribution is 0.144. The van der Waals surface area contributed by atoms with Crippen molar-refractivity contribution in [3.63, 3.8) is 0 Å². The minimum atomic E-state index is 0.517. The van der Waals surface area contributed by atoms with E-state index in [9.17, 15) is 0 Å². The lowest BCUT2D eigenvalue weighted by atomic mass is 9.96. The predicted octanol–water partition coefficient (Wildman–Crippen LogP) is 1.34. The maximum atomic E-state index is 4.57. The quantitative estimate of drug-likeness (QED) is 0.793. The number of rotatable bonds is 5. The molecule has 146 valence electrons. The Morgan fingerprint density at radius 2 is 1.63 bits per heavy atom. The molecule has 0 bridgehead atoms. The lowest BCUT2D eigenvalue weighted by Crippen LogP contribution is -2.44. The molecule has 0 atom stereocenters. The van der Waals surface area contributed by atoms with E-state index in [1.54, 1.807) is 0 Å². The monoisotopic (exact) mass is 369 g/mol. The van der Waals surface area contributed by atoms with Crippen molar-refractivity contribution in [1.82, 2.24) is 34.4 Å². The Morgan fingerprint density at radius 3 is 2.33 bits per heavy atom. The minimum absolute atomic E-state index is 0.517. The average molecular weight is 370 g/mol. The van der Waals surface area contributed by atoms with Crippen molar-refractivity contribution in [2.45, 2.75) is 31.8 Å². The Bertz CT molecular complexity index is 713. The van der Waals surface area contributed by atoms with E-state index in [1.165, 1.54) is 0 Å². The summed E-state index contributed by atoms with van der Waals surface area (Å²) in [6.45, 7) is 8.56. The van der Waals surface area contributed by atoms with Crippen LogP contribution in [0.5, 0.6) is 0 Å². The zero-order chi connectivity index (χ0) is 18.6. The van der Waals surface area contributed by atoms with E-state index >= 15 is 0 Å². The SMILES string of the molecule is CN1CCN(Cc2nnc(C3CCN(Cc4ccccn4)CC3)n2C)CC1. The summed E-state index contributed by atoms with van der Waals surface area (Å²) in [4.78, 5) is 11.8. The molecule has 2 saturated heterocycles. The van der Waals surface area contributed by atoms with E-state index in [-0.39, 0.29) is 0 Å². The maximum Gasteiger partial charge on any atom is 0.146 e. The van der Waals surface area contributed by atoms with Gasteiger partial charge in [0.15, 0.2) is 0 Å². The van der Waals surface area contributed by atoms with Gasteiger partial charge >= 0.3 is 0 Å². The predicted molar refractivity (Wildman–Crippen MR) is 105 cm³/mol. The molecule has 2 aromatic heterocycles. The van der Waals surface area contributed by atoms with Crippen molar-refractivity contribution in [1.29, 1.82) is 0 Å². The zero-order valence-electron chi connectivity index (χ0n) is 16.6. The van der Waals surface area contributed by atoms with Crippen LogP contribution in [0.25, 0.3) is 0 Å². The van der Waals surface area contributed by atoms with Crippen molar-refractivity contribution in [3.8, 4) is 0 Å². The van der Waals surface area contributed by atoms with Crippen LogP contribution in [0.2, 0.25) is 0 Å². The lowest BCUT2D eigenvalue weighted by Gasteiger charge is -2.32. The first kappa shape index (κ1) is 18.5. The molecule has 0 aromatic carbocycles. The maximum absolute atomic E-state index is 4.57. The number of pyridine rings is 1. The molecular weight excluding hydrogens is 338 g/mol. The third kappa shape index (κ3) is 4.54. The van der Waals surface area contributed by atoms with Crippen molar-refractivity contribution in [3.05, 3.63) is 41.7 Å².